The first kappa shape index (κ1) is 23.4. The normalized spacial score (nSPS) is 11.7. The Balaban J connectivity index is 1.92. The van der Waals surface area contributed by atoms with Gasteiger partial charge in [0.25, 0.3) is 0 Å². The molecule has 1 heterocycles. The number of rotatable bonds is 7. The molecule has 0 spiro atoms. The lowest BCUT2D eigenvalue weighted by molar-refractivity contribution is -0.137. The number of hydrogen-bond acceptors (Lipinski definition) is 5. The van der Waals surface area contributed by atoms with Gasteiger partial charge in [0.15, 0.2) is 5.82 Å². The van der Waals surface area contributed by atoms with E-state index >= 15 is 0 Å². The minimum Gasteiger partial charge on any atom is -0.491 e. The maximum Gasteiger partial charge on any atom is 0.421 e. The summed E-state index contributed by atoms with van der Waals surface area (Å²) < 4.78 is 46.6. The van der Waals surface area contributed by atoms with Gasteiger partial charge in [0.2, 0.25) is 5.95 Å². The molecule has 3 aromatic rings. The van der Waals surface area contributed by atoms with Gasteiger partial charge < -0.3 is 15.0 Å². The van der Waals surface area contributed by atoms with Crippen LogP contribution in [0, 0.1) is 0 Å². The fourth-order valence-corrected chi connectivity index (χ4v) is 3.11. The third-order valence-electron chi connectivity index (χ3n) is 4.82. The average molecular weight is 445 g/mol. The Kier molecular flexibility index (Phi) is 6.91. The monoisotopic (exact) mass is 444 g/mol. The minimum absolute atomic E-state index is 0.000474. The molecule has 8 heteroatoms. The van der Waals surface area contributed by atoms with Crippen molar-refractivity contribution in [2.75, 3.05) is 17.3 Å². The zero-order valence-electron chi connectivity index (χ0n) is 18.7. The van der Waals surface area contributed by atoms with E-state index in [2.05, 4.69) is 29.1 Å². The van der Waals surface area contributed by atoms with E-state index in [1.54, 1.807) is 24.3 Å². The van der Waals surface area contributed by atoms with Crippen molar-refractivity contribution in [3.05, 3.63) is 65.9 Å². The lowest BCUT2D eigenvalue weighted by Gasteiger charge is -2.23. The van der Waals surface area contributed by atoms with Crippen LogP contribution in [0.1, 0.15) is 44.7 Å². The molecule has 3 rings (SSSR count). The average Bonchev–Trinajstić information content (AvgIpc) is 2.73. The molecule has 0 saturated carbocycles. The summed E-state index contributed by atoms with van der Waals surface area (Å²) in [6.45, 7) is 7.99. The van der Waals surface area contributed by atoms with Crippen LogP contribution in [0.15, 0.2) is 54.7 Å². The van der Waals surface area contributed by atoms with Gasteiger partial charge in [0.1, 0.15) is 11.3 Å². The number of nitrogens with zero attached hydrogens (tertiary/aromatic N) is 3. The van der Waals surface area contributed by atoms with Gasteiger partial charge in [-0.25, -0.2) is 4.98 Å². The largest absolute Gasteiger partial charge is 0.491 e. The molecular weight excluding hydrogens is 417 g/mol. The molecule has 0 unspecified atom stereocenters. The maximum absolute atomic E-state index is 13.7. The van der Waals surface area contributed by atoms with Crippen molar-refractivity contribution < 1.29 is 17.9 Å². The van der Waals surface area contributed by atoms with E-state index in [0.29, 0.717) is 23.0 Å². The van der Waals surface area contributed by atoms with Crippen molar-refractivity contribution in [2.45, 2.75) is 45.9 Å². The molecule has 0 amide bonds. The van der Waals surface area contributed by atoms with E-state index in [0.717, 1.165) is 11.8 Å². The van der Waals surface area contributed by atoms with Crippen LogP contribution in [0.4, 0.5) is 36.3 Å². The Morgan fingerprint density at radius 1 is 0.938 bits per heavy atom. The van der Waals surface area contributed by atoms with Crippen LogP contribution in [-0.4, -0.2) is 23.1 Å². The molecule has 32 heavy (non-hydrogen) atoms. The zero-order valence-corrected chi connectivity index (χ0v) is 18.7. The lowest BCUT2D eigenvalue weighted by Crippen LogP contribution is -2.19. The van der Waals surface area contributed by atoms with Crippen molar-refractivity contribution in [1.82, 2.24) is 9.97 Å². The predicted molar refractivity (Wildman–Crippen MR) is 121 cm³/mol. The summed E-state index contributed by atoms with van der Waals surface area (Å²) in [5.41, 5.74) is 1.48. The first-order chi connectivity index (χ1) is 15.0. The van der Waals surface area contributed by atoms with E-state index in [4.69, 9.17) is 4.74 Å². The van der Waals surface area contributed by atoms with Crippen molar-refractivity contribution in [1.29, 1.82) is 0 Å². The van der Waals surface area contributed by atoms with Crippen LogP contribution in [-0.2, 0) is 6.18 Å². The highest BCUT2D eigenvalue weighted by Crippen LogP contribution is 2.38. The molecule has 0 aliphatic carbocycles. The zero-order chi connectivity index (χ0) is 23.5. The number of benzene rings is 2. The van der Waals surface area contributed by atoms with Crippen molar-refractivity contribution >= 4 is 23.1 Å². The SMILES string of the molecule is CC(C)Oc1ccc(N(C)c2nc(Nc3ccc(C(C)C)cc3)ncc2C(F)(F)F)cc1. The Labute approximate surface area is 186 Å². The molecule has 0 atom stereocenters. The summed E-state index contributed by atoms with van der Waals surface area (Å²) in [6, 6.07) is 14.5. The van der Waals surface area contributed by atoms with E-state index in [9.17, 15) is 13.2 Å². The number of aromatic nitrogens is 2. The molecule has 5 nitrogen and oxygen atoms in total. The fourth-order valence-electron chi connectivity index (χ4n) is 3.11. The van der Waals surface area contributed by atoms with Gasteiger partial charge in [0, 0.05) is 24.6 Å². The van der Waals surface area contributed by atoms with Gasteiger partial charge >= 0.3 is 6.18 Å². The summed E-state index contributed by atoms with van der Waals surface area (Å²) in [5, 5.41) is 2.99. The molecule has 0 radical (unpaired) electrons. The van der Waals surface area contributed by atoms with Crippen LogP contribution < -0.4 is 15.0 Å². The number of nitrogens with one attached hydrogen (secondary N) is 1. The second-order valence-electron chi connectivity index (χ2n) is 8.05. The number of hydrogen-bond donors (Lipinski definition) is 1. The molecule has 0 aliphatic rings. The highest BCUT2D eigenvalue weighted by molar-refractivity contribution is 5.65. The van der Waals surface area contributed by atoms with Gasteiger partial charge in [-0.3, -0.25) is 0 Å². The van der Waals surface area contributed by atoms with E-state index in [1.165, 1.54) is 11.9 Å². The molecule has 2 aromatic carbocycles. The third kappa shape index (κ3) is 5.69. The van der Waals surface area contributed by atoms with Crippen molar-refractivity contribution in [2.24, 2.45) is 0 Å². The first-order valence-electron chi connectivity index (χ1n) is 10.4. The Hall–Kier alpha value is -3.29. The third-order valence-corrected chi connectivity index (χ3v) is 4.82. The van der Waals surface area contributed by atoms with Crippen LogP contribution >= 0.6 is 0 Å². The quantitative estimate of drug-likeness (QED) is 0.429. The van der Waals surface area contributed by atoms with Crippen LogP contribution in [0.3, 0.4) is 0 Å². The topological polar surface area (TPSA) is 50.3 Å². The molecule has 1 N–H and O–H groups in total. The van der Waals surface area contributed by atoms with Crippen LogP contribution in [0.2, 0.25) is 0 Å². The standard InChI is InChI=1S/C24H27F3N4O/c1-15(2)17-6-8-18(9-7-17)29-23-28-14-21(24(25,26)27)22(30-23)31(5)19-10-12-20(13-11-19)32-16(3)4/h6-16H,1-5H3,(H,28,29,30). The maximum atomic E-state index is 13.7. The molecule has 0 bridgehead atoms. The summed E-state index contributed by atoms with van der Waals surface area (Å²) >= 11 is 0. The van der Waals surface area contributed by atoms with Crippen LogP contribution in [0.25, 0.3) is 0 Å². The van der Waals surface area contributed by atoms with Crippen molar-refractivity contribution in [3.8, 4) is 5.75 Å². The second kappa shape index (κ2) is 9.46. The second-order valence-corrected chi connectivity index (χ2v) is 8.05. The Morgan fingerprint density at radius 2 is 1.56 bits per heavy atom. The lowest BCUT2D eigenvalue weighted by atomic mass is 10.0. The molecular formula is C24H27F3N4O. The smallest absolute Gasteiger partial charge is 0.421 e. The number of ether oxygens (including phenoxy) is 1. The molecule has 0 aliphatic heterocycles. The van der Waals surface area contributed by atoms with Gasteiger partial charge in [-0.05, 0) is 61.7 Å². The van der Waals surface area contributed by atoms with Crippen LogP contribution in [0.5, 0.6) is 5.75 Å². The minimum atomic E-state index is -4.60. The number of alkyl halides is 3. The Morgan fingerprint density at radius 3 is 2.09 bits per heavy atom. The number of halogens is 3. The molecule has 0 fully saturated rings. The van der Waals surface area contributed by atoms with E-state index in [-0.39, 0.29) is 17.9 Å². The molecule has 1 aromatic heterocycles. The Bertz CT molecular complexity index is 1030. The highest BCUT2D eigenvalue weighted by atomic mass is 19.4. The molecule has 170 valence electrons. The van der Waals surface area contributed by atoms with Gasteiger partial charge in [0.05, 0.1) is 6.10 Å². The number of anilines is 4. The first-order valence-corrected chi connectivity index (χ1v) is 10.4. The fraction of sp³-hybridized carbons (Fsp3) is 0.333. The van der Waals surface area contributed by atoms with Gasteiger partial charge in [-0.1, -0.05) is 26.0 Å². The summed E-state index contributed by atoms with van der Waals surface area (Å²) in [7, 11) is 1.54. The predicted octanol–water partition coefficient (Wildman–Crippen LogP) is 6.92. The van der Waals surface area contributed by atoms with E-state index < -0.39 is 11.7 Å². The highest BCUT2D eigenvalue weighted by Gasteiger charge is 2.36. The summed E-state index contributed by atoms with van der Waals surface area (Å²) in [6.07, 6.45) is -3.79. The van der Waals surface area contributed by atoms with Gasteiger partial charge in [-0.15, -0.1) is 0 Å². The summed E-state index contributed by atoms with van der Waals surface area (Å²) in [4.78, 5) is 9.47. The van der Waals surface area contributed by atoms with Gasteiger partial charge in [-0.2, -0.15) is 18.2 Å². The summed E-state index contributed by atoms with van der Waals surface area (Å²) in [5.74, 6) is 0.857. The van der Waals surface area contributed by atoms with Crippen molar-refractivity contribution in [3.63, 3.8) is 0 Å². The molecule has 0 saturated heterocycles. The van der Waals surface area contributed by atoms with E-state index in [1.807, 2.05) is 38.1 Å².